The van der Waals surface area contributed by atoms with E-state index < -0.39 is 12.7 Å². The second kappa shape index (κ2) is 8.56. The minimum absolute atomic E-state index is 0.0570. The summed E-state index contributed by atoms with van der Waals surface area (Å²) in [4.78, 5) is 11.7. The zero-order valence-electron chi connectivity index (χ0n) is 12.2. The Morgan fingerprint density at radius 3 is 2.43 bits per heavy atom. The lowest BCUT2D eigenvalue weighted by Gasteiger charge is -2.14. The summed E-state index contributed by atoms with van der Waals surface area (Å²) in [6.07, 6.45) is 0.194. The molecule has 4 nitrogen and oxygen atoms in total. The maximum Gasteiger partial charge on any atom is 0.387 e. The molecule has 0 saturated carbocycles. The maximum atomic E-state index is 12.0. The first-order chi connectivity index (χ1) is 9.86. The minimum atomic E-state index is -2.86. The van der Waals surface area contributed by atoms with Gasteiger partial charge in [0.2, 0.25) is 5.91 Å². The van der Waals surface area contributed by atoms with Gasteiger partial charge >= 0.3 is 6.61 Å². The Morgan fingerprint density at radius 2 is 1.90 bits per heavy atom. The fourth-order valence-electron chi connectivity index (χ4n) is 1.90. The second-order valence-electron chi connectivity index (χ2n) is 5.29. The van der Waals surface area contributed by atoms with Crippen molar-refractivity contribution in [1.82, 2.24) is 5.32 Å². The Morgan fingerprint density at radius 1 is 1.29 bits per heavy atom. The highest BCUT2D eigenvalue weighted by Crippen LogP contribution is 2.15. The van der Waals surface area contributed by atoms with E-state index in [2.05, 4.69) is 10.1 Å². The van der Waals surface area contributed by atoms with Crippen LogP contribution in [0.1, 0.15) is 25.8 Å². The van der Waals surface area contributed by atoms with Gasteiger partial charge in [0, 0.05) is 6.54 Å². The third kappa shape index (κ3) is 7.60. The molecule has 1 amide bonds. The number of hydrogen-bond donors (Lipinski definition) is 2. The Balaban J connectivity index is 2.37. The number of benzene rings is 1. The lowest BCUT2D eigenvalue weighted by atomic mass is 10.1. The number of hydrogen-bond acceptors (Lipinski definition) is 3. The monoisotopic (exact) mass is 301 g/mol. The summed E-state index contributed by atoms with van der Waals surface area (Å²) >= 11 is 0. The number of alkyl halides is 2. The number of aliphatic hydroxyl groups excluding tert-OH is 1. The van der Waals surface area contributed by atoms with Crippen LogP contribution in [0.15, 0.2) is 24.3 Å². The van der Waals surface area contributed by atoms with Gasteiger partial charge in [-0.2, -0.15) is 8.78 Å². The molecule has 118 valence electrons. The zero-order chi connectivity index (χ0) is 15.8. The summed E-state index contributed by atoms with van der Waals surface area (Å²) < 4.78 is 28.2. The molecule has 0 aromatic heterocycles. The van der Waals surface area contributed by atoms with Crippen LogP contribution in [0.5, 0.6) is 5.75 Å². The molecule has 1 unspecified atom stereocenters. The number of halogens is 2. The average Bonchev–Trinajstić information content (AvgIpc) is 2.37. The highest BCUT2D eigenvalue weighted by Gasteiger charge is 2.10. The van der Waals surface area contributed by atoms with Crippen molar-refractivity contribution < 1.29 is 23.4 Å². The molecule has 1 atom stereocenters. The summed E-state index contributed by atoms with van der Waals surface area (Å²) in [5.74, 6) is 0.195. The summed E-state index contributed by atoms with van der Waals surface area (Å²) in [5, 5.41) is 12.3. The molecule has 2 N–H and O–H groups in total. The van der Waals surface area contributed by atoms with Crippen molar-refractivity contribution in [3.05, 3.63) is 29.8 Å². The van der Waals surface area contributed by atoms with Crippen molar-refractivity contribution >= 4 is 5.91 Å². The molecule has 0 aliphatic carbocycles. The largest absolute Gasteiger partial charge is 0.435 e. The molecule has 1 aromatic rings. The van der Waals surface area contributed by atoms with Gasteiger partial charge in [-0.25, -0.2) is 0 Å². The van der Waals surface area contributed by atoms with Crippen LogP contribution in [0.2, 0.25) is 0 Å². The van der Waals surface area contributed by atoms with E-state index in [-0.39, 0.29) is 24.6 Å². The third-order valence-electron chi connectivity index (χ3n) is 2.79. The van der Waals surface area contributed by atoms with Crippen LogP contribution in [-0.4, -0.2) is 30.3 Å². The first-order valence-electron chi connectivity index (χ1n) is 6.85. The van der Waals surface area contributed by atoms with Gasteiger partial charge in [-0.3, -0.25) is 4.79 Å². The molecule has 0 spiro atoms. The van der Waals surface area contributed by atoms with E-state index in [1.54, 1.807) is 12.1 Å². The van der Waals surface area contributed by atoms with Crippen LogP contribution in [0.25, 0.3) is 0 Å². The van der Waals surface area contributed by atoms with Crippen molar-refractivity contribution in [1.29, 1.82) is 0 Å². The van der Waals surface area contributed by atoms with Crippen molar-refractivity contribution in [2.45, 2.75) is 39.4 Å². The smallest absolute Gasteiger partial charge is 0.387 e. The summed E-state index contributed by atoms with van der Waals surface area (Å²) in [6, 6.07) is 5.90. The number of amides is 1. The number of rotatable bonds is 8. The van der Waals surface area contributed by atoms with Gasteiger partial charge in [0.05, 0.1) is 12.5 Å². The molecule has 1 aromatic carbocycles. The van der Waals surface area contributed by atoms with Crippen LogP contribution in [0, 0.1) is 5.92 Å². The van der Waals surface area contributed by atoms with Crippen LogP contribution in [0.3, 0.4) is 0 Å². The Hall–Kier alpha value is -1.69. The van der Waals surface area contributed by atoms with E-state index in [9.17, 15) is 18.7 Å². The number of nitrogens with one attached hydrogen (secondary N) is 1. The number of carbonyl (C=O) groups excluding carboxylic acids is 1. The van der Waals surface area contributed by atoms with Gasteiger partial charge in [0.15, 0.2) is 0 Å². The van der Waals surface area contributed by atoms with E-state index in [0.29, 0.717) is 17.9 Å². The van der Waals surface area contributed by atoms with Gasteiger partial charge in [-0.15, -0.1) is 0 Å². The number of aliphatic hydroxyl groups is 1. The van der Waals surface area contributed by atoms with E-state index in [1.807, 2.05) is 13.8 Å². The average molecular weight is 301 g/mol. The van der Waals surface area contributed by atoms with Gasteiger partial charge in [-0.1, -0.05) is 26.0 Å². The second-order valence-corrected chi connectivity index (χ2v) is 5.29. The van der Waals surface area contributed by atoms with Crippen molar-refractivity contribution in [2.75, 3.05) is 6.54 Å². The first kappa shape index (κ1) is 17.4. The molecular weight excluding hydrogens is 280 g/mol. The number of ether oxygens (including phenoxy) is 1. The van der Waals surface area contributed by atoms with Gasteiger partial charge in [0.25, 0.3) is 0 Å². The summed E-state index contributed by atoms with van der Waals surface area (Å²) in [7, 11) is 0. The predicted octanol–water partition coefficient (Wildman–Crippen LogP) is 2.35. The highest BCUT2D eigenvalue weighted by molar-refractivity contribution is 5.78. The molecule has 0 radical (unpaired) electrons. The zero-order valence-corrected chi connectivity index (χ0v) is 12.2. The molecule has 0 heterocycles. The molecule has 6 heteroatoms. The Bertz CT molecular complexity index is 435. The highest BCUT2D eigenvalue weighted by atomic mass is 19.3. The first-order valence-corrected chi connectivity index (χ1v) is 6.85. The standard InChI is InChI=1S/C15H21F2NO3/c1-10(2)7-12(19)9-18-14(20)8-11-3-5-13(6-4-11)21-15(16)17/h3-6,10,12,15,19H,7-9H2,1-2H3,(H,18,20). The van der Waals surface area contributed by atoms with Crippen molar-refractivity contribution in [3.8, 4) is 5.75 Å². The third-order valence-corrected chi connectivity index (χ3v) is 2.79. The lowest BCUT2D eigenvalue weighted by Crippen LogP contribution is -2.33. The maximum absolute atomic E-state index is 12.0. The molecule has 0 saturated heterocycles. The Labute approximate surface area is 123 Å². The minimum Gasteiger partial charge on any atom is -0.435 e. The van der Waals surface area contributed by atoms with E-state index in [4.69, 9.17) is 0 Å². The quantitative estimate of drug-likeness (QED) is 0.775. The normalized spacial score (nSPS) is 12.5. The molecule has 1 rings (SSSR count). The topological polar surface area (TPSA) is 58.6 Å². The van der Waals surface area contributed by atoms with Crippen LogP contribution in [-0.2, 0) is 11.2 Å². The van der Waals surface area contributed by atoms with E-state index >= 15 is 0 Å². The predicted molar refractivity (Wildman–Crippen MR) is 75.2 cm³/mol. The molecular formula is C15H21F2NO3. The SMILES string of the molecule is CC(C)CC(O)CNC(=O)Cc1ccc(OC(F)F)cc1. The van der Waals surface area contributed by atoms with Crippen LogP contribution >= 0.6 is 0 Å². The number of carbonyl (C=O) groups is 1. The van der Waals surface area contributed by atoms with Gasteiger partial charge in [0.1, 0.15) is 5.75 Å². The van der Waals surface area contributed by atoms with Crippen molar-refractivity contribution in [2.24, 2.45) is 5.92 Å². The molecule has 0 aliphatic rings. The molecule has 0 fully saturated rings. The molecule has 0 aliphatic heterocycles. The van der Waals surface area contributed by atoms with Crippen molar-refractivity contribution in [3.63, 3.8) is 0 Å². The van der Waals surface area contributed by atoms with E-state index in [0.717, 1.165) is 0 Å². The molecule has 21 heavy (non-hydrogen) atoms. The van der Waals surface area contributed by atoms with Crippen LogP contribution < -0.4 is 10.1 Å². The summed E-state index contributed by atoms with van der Waals surface area (Å²) in [5.41, 5.74) is 0.687. The Kier molecular flexibility index (Phi) is 7.08. The van der Waals surface area contributed by atoms with Crippen LogP contribution in [0.4, 0.5) is 8.78 Å². The van der Waals surface area contributed by atoms with Gasteiger partial charge in [-0.05, 0) is 30.0 Å². The fourth-order valence-corrected chi connectivity index (χ4v) is 1.90. The lowest BCUT2D eigenvalue weighted by molar-refractivity contribution is -0.120. The summed E-state index contributed by atoms with van der Waals surface area (Å²) in [6.45, 7) is 1.34. The van der Waals surface area contributed by atoms with E-state index in [1.165, 1.54) is 12.1 Å². The van der Waals surface area contributed by atoms with Gasteiger partial charge < -0.3 is 15.2 Å². The molecule has 0 bridgehead atoms. The fraction of sp³-hybridized carbons (Fsp3) is 0.533.